The van der Waals surface area contributed by atoms with E-state index in [2.05, 4.69) is 11.1 Å². The van der Waals surface area contributed by atoms with Crippen molar-refractivity contribution in [2.45, 2.75) is 18.3 Å². The van der Waals surface area contributed by atoms with E-state index in [1.807, 2.05) is 12.3 Å². The molecule has 3 heteroatoms. The second kappa shape index (κ2) is 4.07. The minimum atomic E-state index is 0.104. The summed E-state index contributed by atoms with van der Waals surface area (Å²) in [4.78, 5) is 4.16. The zero-order valence-corrected chi connectivity index (χ0v) is 8.28. The quantitative estimate of drug-likeness (QED) is 0.763. The van der Waals surface area contributed by atoms with Crippen molar-refractivity contribution in [3.05, 3.63) is 30.1 Å². The second-order valence-corrected chi connectivity index (χ2v) is 3.84. The number of ether oxygens (including phenoxy) is 1. The van der Waals surface area contributed by atoms with Gasteiger partial charge in [-0.2, -0.15) is 0 Å². The Morgan fingerprint density at radius 2 is 2.21 bits per heavy atom. The first-order valence-electron chi connectivity index (χ1n) is 5.06. The third-order valence-corrected chi connectivity index (χ3v) is 3.11. The lowest BCUT2D eigenvalue weighted by Gasteiger charge is -2.36. The Morgan fingerprint density at radius 3 is 2.79 bits per heavy atom. The van der Waals surface area contributed by atoms with Gasteiger partial charge in [0.05, 0.1) is 0 Å². The molecule has 1 aliphatic heterocycles. The van der Waals surface area contributed by atoms with Gasteiger partial charge in [0.2, 0.25) is 0 Å². The molecule has 0 spiro atoms. The largest absolute Gasteiger partial charge is 0.381 e. The van der Waals surface area contributed by atoms with Crippen LogP contribution in [0.15, 0.2) is 24.5 Å². The Morgan fingerprint density at radius 1 is 1.43 bits per heavy atom. The summed E-state index contributed by atoms with van der Waals surface area (Å²) in [5, 5.41) is 0. The van der Waals surface area contributed by atoms with Crippen LogP contribution < -0.4 is 5.73 Å². The van der Waals surface area contributed by atoms with Crippen LogP contribution in [0.5, 0.6) is 0 Å². The van der Waals surface area contributed by atoms with E-state index < -0.39 is 0 Å². The molecule has 2 heterocycles. The molecule has 2 rings (SSSR count). The Hall–Kier alpha value is -0.930. The maximum absolute atomic E-state index is 5.89. The summed E-state index contributed by atoms with van der Waals surface area (Å²) < 4.78 is 5.37. The van der Waals surface area contributed by atoms with Crippen molar-refractivity contribution in [3.8, 4) is 0 Å². The fourth-order valence-electron chi connectivity index (χ4n) is 2.05. The molecular weight excluding hydrogens is 176 g/mol. The van der Waals surface area contributed by atoms with Gasteiger partial charge in [-0.05, 0) is 24.5 Å². The van der Waals surface area contributed by atoms with Crippen molar-refractivity contribution >= 4 is 0 Å². The number of nitrogens with zero attached hydrogens (tertiary/aromatic N) is 1. The molecule has 0 radical (unpaired) electrons. The molecule has 2 N–H and O–H groups in total. The molecule has 0 amide bonds. The van der Waals surface area contributed by atoms with Crippen LogP contribution in [0.25, 0.3) is 0 Å². The van der Waals surface area contributed by atoms with Gasteiger partial charge >= 0.3 is 0 Å². The Kier molecular flexibility index (Phi) is 2.79. The van der Waals surface area contributed by atoms with Crippen LogP contribution in [0.4, 0.5) is 0 Å². The van der Waals surface area contributed by atoms with Gasteiger partial charge in [0.1, 0.15) is 0 Å². The number of nitrogens with two attached hydrogens (primary N) is 1. The van der Waals surface area contributed by atoms with Crippen LogP contribution in [0.1, 0.15) is 18.4 Å². The summed E-state index contributed by atoms with van der Waals surface area (Å²) in [7, 11) is 0. The summed E-state index contributed by atoms with van der Waals surface area (Å²) in [6.07, 6.45) is 5.75. The molecule has 1 aromatic rings. The van der Waals surface area contributed by atoms with E-state index in [0.717, 1.165) is 26.1 Å². The highest BCUT2D eigenvalue weighted by molar-refractivity contribution is 5.23. The second-order valence-electron chi connectivity index (χ2n) is 3.84. The van der Waals surface area contributed by atoms with Gasteiger partial charge in [0.25, 0.3) is 0 Å². The number of aromatic nitrogens is 1. The Labute approximate surface area is 84.3 Å². The van der Waals surface area contributed by atoms with Gasteiger partial charge in [-0.1, -0.05) is 6.07 Å². The van der Waals surface area contributed by atoms with Crippen molar-refractivity contribution in [1.29, 1.82) is 0 Å². The molecule has 1 aliphatic rings. The summed E-state index contributed by atoms with van der Waals surface area (Å²) in [6.45, 7) is 2.31. The predicted molar refractivity (Wildman–Crippen MR) is 55.0 cm³/mol. The number of rotatable bonds is 2. The van der Waals surface area contributed by atoms with E-state index in [0.29, 0.717) is 6.54 Å². The Bertz CT molecular complexity index is 281. The predicted octanol–water partition coefficient (Wildman–Crippen LogP) is 1.09. The van der Waals surface area contributed by atoms with Crippen molar-refractivity contribution < 1.29 is 4.74 Å². The van der Waals surface area contributed by atoms with Crippen molar-refractivity contribution in [1.82, 2.24) is 4.98 Å². The number of hydrogen-bond donors (Lipinski definition) is 1. The average molecular weight is 192 g/mol. The van der Waals surface area contributed by atoms with Crippen LogP contribution in [0.3, 0.4) is 0 Å². The molecule has 0 saturated carbocycles. The molecule has 3 nitrogen and oxygen atoms in total. The molecule has 0 aromatic carbocycles. The molecule has 0 aliphatic carbocycles. The van der Waals surface area contributed by atoms with Gasteiger partial charge in [-0.3, -0.25) is 4.98 Å². The maximum atomic E-state index is 5.89. The van der Waals surface area contributed by atoms with Crippen molar-refractivity contribution in [2.75, 3.05) is 19.8 Å². The van der Waals surface area contributed by atoms with E-state index in [4.69, 9.17) is 10.5 Å². The molecular formula is C11H16N2O. The molecule has 1 saturated heterocycles. The first-order chi connectivity index (χ1) is 6.87. The van der Waals surface area contributed by atoms with Gasteiger partial charge in [0.15, 0.2) is 0 Å². The monoisotopic (exact) mass is 192 g/mol. The molecule has 0 unspecified atom stereocenters. The molecule has 0 bridgehead atoms. The van der Waals surface area contributed by atoms with Crippen molar-refractivity contribution in [3.63, 3.8) is 0 Å². The number of pyridine rings is 1. The highest BCUT2D eigenvalue weighted by Crippen LogP contribution is 2.32. The molecule has 1 fully saturated rings. The average Bonchev–Trinajstić information content (AvgIpc) is 2.31. The fourth-order valence-corrected chi connectivity index (χ4v) is 2.05. The minimum Gasteiger partial charge on any atom is -0.381 e. The highest BCUT2D eigenvalue weighted by Gasteiger charge is 2.32. The first-order valence-corrected chi connectivity index (χ1v) is 5.06. The summed E-state index contributed by atoms with van der Waals surface area (Å²) in [6, 6.07) is 4.09. The standard InChI is InChI=1S/C11H16N2O/c12-9-11(3-6-14-7-4-11)10-2-1-5-13-8-10/h1-2,5,8H,3-4,6-7,9,12H2. The topological polar surface area (TPSA) is 48.1 Å². The Balaban J connectivity index is 2.27. The molecule has 14 heavy (non-hydrogen) atoms. The van der Waals surface area contributed by atoms with Crippen LogP contribution in [-0.2, 0) is 10.2 Å². The normalized spacial score (nSPS) is 20.6. The van der Waals surface area contributed by atoms with Gasteiger partial charge in [-0.15, -0.1) is 0 Å². The van der Waals surface area contributed by atoms with Crippen LogP contribution >= 0.6 is 0 Å². The lowest BCUT2D eigenvalue weighted by atomic mass is 9.75. The zero-order valence-electron chi connectivity index (χ0n) is 8.28. The lowest BCUT2D eigenvalue weighted by Crippen LogP contribution is -2.40. The third kappa shape index (κ3) is 1.65. The third-order valence-electron chi connectivity index (χ3n) is 3.11. The number of hydrogen-bond acceptors (Lipinski definition) is 3. The lowest BCUT2D eigenvalue weighted by molar-refractivity contribution is 0.0528. The summed E-state index contributed by atoms with van der Waals surface area (Å²) in [5.41, 5.74) is 7.25. The van der Waals surface area contributed by atoms with E-state index in [1.54, 1.807) is 6.20 Å². The van der Waals surface area contributed by atoms with Crippen LogP contribution in [0, 0.1) is 0 Å². The molecule has 0 atom stereocenters. The zero-order chi connectivity index (χ0) is 9.86. The van der Waals surface area contributed by atoms with Crippen LogP contribution in [-0.4, -0.2) is 24.7 Å². The molecule has 76 valence electrons. The summed E-state index contributed by atoms with van der Waals surface area (Å²) in [5.74, 6) is 0. The van der Waals surface area contributed by atoms with E-state index in [9.17, 15) is 0 Å². The first kappa shape index (κ1) is 9.62. The van der Waals surface area contributed by atoms with E-state index in [-0.39, 0.29) is 5.41 Å². The molecule has 1 aromatic heterocycles. The highest BCUT2D eigenvalue weighted by atomic mass is 16.5. The van der Waals surface area contributed by atoms with E-state index in [1.165, 1.54) is 5.56 Å². The van der Waals surface area contributed by atoms with Gasteiger partial charge in [-0.25, -0.2) is 0 Å². The smallest absolute Gasteiger partial charge is 0.0475 e. The fraction of sp³-hybridized carbons (Fsp3) is 0.545. The minimum absolute atomic E-state index is 0.104. The van der Waals surface area contributed by atoms with Crippen LogP contribution in [0.2, 0.25) is 0 Å². The maximum Gasteiger partial charge on any atom is 0.0475 e. The SMILES string of the molecule is NCC1(c2cccnc2)CCOCC1. The van der Waals surface area contributed by atoms with Gasteiger partial charge in [0, 0.05) is 37.6 Å². The van der Waals surface area contributed by atoms with Gasteiger partial charge < -0.3 is 10.5 Å². The van der Waals surface area contributed by atoms with Crippen molar-refractivity contribution in [2.24, 2.45) is 5.73 Å². The van der Waals surface area contributed by atoms with E-state index >= 15 is 0 Å². The summed E-state index contributed by atoms with van der Waals surface area (Å²) >= 11 is 0.